The SMILES string of the molecule is CCc1ccc2c(c1)c(CCN1CCNCC1)cn2CCN. The maximum Gasteiger partial charge on any atom is 0.0483 e. The highest BCUT2D eigenvalue weighted by atomic mass is 15.2. The number of aromatic nitrogens is 1. The van der Waals surface area contributed by atoms with Gasteiger partial charge in [0.2, 0.25) is 0 Å². The zero-order chi connectivity index (χ0) is 15.4. The summed E-state index contributed by atoms with van der Waals surface area (Å²) in [5.41, 5.74) is 9.99. The van der Waals surface area contributed by atoms with Gasteiger partial charge in [-0.25, -0.2) is 0 Å². The fraction of sp³-hybridized carbons (Fsp3) is 0.556. The number of nitrogens with zero attached hydrogens (tertiary/aromatic N) is 2. The number of benzene rings is 1. The van der Waals surface area contributed by atoms with Crippen LogP contribution in [0.25, 0.3) is 10.9 Å². The van der Waals surface area contributed by atoms with Crippen LogP contribution in [0.1, 0.15) is 18.1 Å². The molecule has 2 aromatic rings. The topological polar surface area (TPSA) is 46.2 Å². The van der Waals surface area contributed by atoms with Crippen molar-refractivity contribution in [1.82, 2.24) is 14.8 Å². The lowest BCUT2D eigenvalue weighted by molar-refractivity contribution is 0.244. The lowest BCUT2D eigenvalue weighted by Crippen LogP contribution is -2.44. The maximum atomic E-state index is 5.77. The van der Waals surface area contributed by atoms with E-state index in [1.165, 1.54) is 35.1 Å². The summed E-state index contributed by atoms with van der Waals surface area (Å²) in [6, 6.07) is 6.88. The van der Waals surface area contributed by atoms with Crippen LogP contribution < -0.4 is 11.1 Å². The van der Waals surface area contributed by atoms with Crippen molar-refractivity contribution >= 4 is 10.9 Å². The second-order valence-corrected chi connectivity index (χ2v) is 6.18. The van der Waals surface area contributed by atoms with Gasteiger partial charge in [-0.2, -0.15) is 0 Å². The summed E-state index contributed by atoms with van der Waals surface area (Å²) in [4.78, 5) is 2.56. The summed E-state index contributed by atoms with van der Waals surface area (Å²) in [5.74, 6) is 0. The maximum absolute atomic E-state index is 5.77. The van der Waals surface area contributed by atoms with Gasteiger partial charge in [0.05, 0.1) is 0 Å². The number of aryl methyl sites for hydroxylation is 1. The van der Waals surface area contributed by atoms with Crippen molar-refractivity contribution in [2.24, 2.45) is 5.73 Å². The van der Waals surface area contributed by atoms with Gasteiger partial charge >= 0.3 is 0 Å². The van der Waals surface area contributed by atoms with Gasteiger partial charge in [-0.05, 0) is 36.1 Å². The Balaban J connectivity index is 1.83. The van der Waals surface area contributed by atoms with Gasteiger partial charge < -0.3 is 20.5 Å². The molecule has 0 aliphatic carbocycles. The van der Waals surface area contributed by atoms with Crippen molar-refractivity contribution in [3.63, 3.8) is 0 Å². The van der Waals surface area contributed by atoms with Gasteiger partial charge in [-0.1, -0.05) is 13.0 Å². The van der Waals surface area contributed by atoms with Crippen LogP contribution in [-0.2, 0) is 19.4 Å². The molecule has 3 N–H and O–H groups in total. The molecule has 1 saturated heterocycles. The van der Waals surface area contributed by atoms with Gasteiger partial charge in [-0.3, -0.25) is 0 Å². The minimum Gasteiger partial charge on any atom is -0.346 e. The molecule has 1 aromatic carbocycles. The molecule has 1 aromatic heterocycles. The van der Waals surface area contributed by atoms with E-state index in [0.717, 1.165) is 39.0 Å². The van der Waals surface area contributed by atoms with E-state index in [0.29, 0.717) is 6.54 Å². The fourth-order valence-corrected chi connectivity index (χ4v) is 3.37. The number of piperazine rings is 1. The average molecular weight is 300 g/mol. The summed E-state index contributed by atoms with van der Waals surface area (Å²) in [5, 5.41) is 4.84. The summed E-state index contributed by atoms with van der Waals surface area (Å²) < 4.78 is 2.32. The highest BCUT2D eigenvalue weighted by Crippen LogP contribution is 2.24. The van der Waals surface area contributed by atoms with Crippen LogP contribution >= 0.6 is 0 Å². The van der Waals surface area contributed by atoms with Crippen LogP contribution in [-0.4, -0.2) is 48.7 Å². The zero-order valence-corrected chi connectivity index (χ0v) is 13.6. The summed E-state index contributed by atoms with van der Waals surface area (Å²) in [7, 11) is 0. The van der Waals surface area contributed by atoms with Crippen LogP contribution in [0.15, 0.2) is 24.4 Å². The third kappa shape index (κ3) is 3.35. The van der Waals surface area contributed by atoms with E-state index in [1.807, 2.05) is 0 Å². The standard InChI is InChI=1S/C18H28N4/c1-2-15-3-4-18-17(13-15)16(14-22(18)10-6-19)5-9-21-11-7-20-8-12-21/h3-4,13-14,20H,2,5-12,19H2,1H3. The number of nitrogens with two attached hydrogens (primary N) is 1. The highest BCUT2D eigenvalue weighted by molar-refractivity contribution is 5.84. The molecule has 120 valence electrons. The fourth-order valence-electron chi connectivity index (χ4n) is 3.37. The normalized spacial score (nSPS) is 16.5. The molecule has 4 nitrogen and oxygen atoms in total. The molecular formula is C18H28N4. The van der Waals surface area contributed by atoms with Crippen LogP contribution in [0.2, 0.25) is 0 Å². The minimum atomic E-state index is 0.691. The summed E-state index contributed by atoms with van der Waals surface area (Å²) in [6.45, 7) is 9.54. The summed E-state index contributed by atoms with van der Waals surface area (Å²) >= 11 is 0. The first-order valence-electron chi connectivity index (χ1n) is 8.55. The molecule has 3 rings (SSSR count). The molecule has 0 bridgehead atoms. The Morgan fingerprint density at radius 3 is 2.73 bits per heavy atom. The van der Waals surface area contributed by atoms with Gasteiger partial charge in [0.1, 0.15) is 0 Å². The van der Waals surface area contributed by atoms with E-state index < -0.39 is 0 Å². The Hall–Kier alpha value is -1.36. The highest BCUT2D eigenvalue weighted by Gasteiger charge is 2.13. The van der Waals surface area contributed by atoms with Crippen molar-refractivity contribution in [2.75, 3.05) is 39.3 Å². The average Bonchev–Trinajstić information content (AvgIpc) is 2.91. The van der Waals surface area contributed by atoms with Gasteiger partial charge in [-0.15, -0.1) is 0 Å². The first-order valence-corrected chi connectivity index (χ1v) is 8.55. The molecule has 0 spiro atoms. The molecule has 1 fully saturated rings. The molecule has 22 heavy (non-hydrogen) atoms. The number of hydrogen-bond donors (Lipinski definition) is 2. The van der Waals surface area contributed by atoms with Crippen molar-refractivity contribution in [2.45, 2.75) is 26.3 Å². The van der Waals surface area contributed by atoms with Gasteiger partial charge in [0.15, 0.2) is 0 Å². The second kappa shape index (κ2) is 7.27. The predicted molar refractivity (Wildman–Crippen MR) is 93.4 cm³/mol. The Morgan fingerprint density at radius 1 is 1.18 bits per heavy atom. The first kappa shape index (κ1) is 15.5. The van der Waals surface area contributed by atoms with E-state index >= 15 is 0 Å². The third-order valence-corrected chi connectivity index (χ3v) is 4.71. The van der Waals surface area contributed by atoms with Crippen LogP contribution in [0, 0.1) is 0 Å². The third-order valence-electron chi connectivity index (χ3n) is 4.71. The van der Waals surface area contributed by atoms with E-state index in [-0.39, 0.29) is 0 Å². The molecule has 0 atom stereocenters. The van der Waals surface area contributed by atoms with Crippen molar-refractivity contribution in [3.8, 4) is 0 Å². The lowest BCUT2D eigenvalue weighted by Gasteiger charge is -2.26. The molecule has 0 amide bonds. The second-order valence-electron chi connectivity index (χ2n) is 6.18. The smallest absolute Gasteiger partial charge is 0.0483 e. The number of rotatable bonds is 6. The van der Waals surface area contributed by atoms with E-state index in [9.17, 15) is 0 Å². The van der Waals surface area contributed by atoms with E-state index in [4.69, 9.17) is 5.73 Å². The Kier molecular flexibility index (Phi) is 5.13. The van der Waals surface area contributed by atoms with Crippen molar-refractivity contribution in [3.05, 3.63) is 35.5 Å². The van der Waals surface area contributed by atoms with E-state index in [2.05, 4.69) is 46.1 Å². The number of nitrogens with one attached hydrogen (secondary N) is 1. The number of hydrogen-bond acceptors (Lipinski definition) is 3. The predicted octanol–water partition coefficient (Wildman–Crippen LogP) is 1.61. The van der Waals surface area contributed by atoms with Crippen LogP contribution in [0.4, 0.5) is 0 Å². The lowest BCUT2D eigenvalue weighted by atomic mass is 10.1. The monoisotopic (exact) mass is 300 g/mol. The molecule has 2 heterocycles. The Bertz CT molecular complexity index is 611. The molecule has 1 aliphatic heterocycles. The molecule has 0 radical (unpaired) electrons. The quantitative estimate of drug-likeness (QED) is 0.852. The molecular weight excluding hydrogens is 272 g/mol. The number of fused-ring (bicyclic) bond motifs is 1. The van der Waals surface area contributed by atoms with Crippen molar-refractivity contribution < 1.29 is 0 Å². The zero-order valence-electron chi connectivity index (χ0n) is 13.6. The summed E-state index contributed by atoms with van der Waals surface area (Å²) in [6.07, 6.45) is 4.54. The van der Waals surface area contributed by atoms with Crippen LogP contribution in [0.5, 0.6) is 0 Å². The Morgan fingerprint density at radius 2 is 2.00 bits per heavy atom. The largest absolute Gasteiger partial charge is 0.346 e. The van der Waals surface area contributed by atoms with Gasteiger partial charge in [0, 0.05) is 62.9 Å². The molecule has 1 aliphatic rings. The van der Waals surface area contributed by atoms with E-state index in [1.54, 1.807) is 0 Å². The van der Waals surface area contributed by atoms with Crippen LogP contribution in [0.3, 0.4) is 0 Å². The first-order chi connectivity index (χ1) is 10.8. The molecule has 0 unspecified atom stereocenters. The Labute approximate surface area is 133 Å². The van der Waals surface area contributed by atoms with Crippen molar-refractivity contribution in [1.29, 1.82) is 0 Å². The minimum absolute atomic E-state index is 0.691. The molecule has 4 heteroatoms. The molecule has 0 saturated carbocycles. The van der Waals surface area contributed by atoms with Gasteiger partial charge in [0.25, 0.3) is 0 Å².